The van der Waals surface area contributed by atoms with Gasteiger partial charge in [-0.15, -0.1) is 0 Å². The maximum atomic E-state index is 5.50. The third kappa shape index (κ3) is 2.51. The Labute approximate surface area is 124 Å². The number of hydrogen-bond acceptors (Lipinski definition) is 3. The Kier molecular flexibility index (Phi) is 4.04. The van der Waals surface area contributed by atoms with Gasteiger partial charge in [-0.2, -0.15) is 0 Å². The Balaban J connectivity index is 1.99. The van der Waals surface area contributed by atoms with Gasteiger partial charge >= 0.3 is 124 Å². The van der Waals surface area contributed by atoms with Crippen LogP contribution in [0.2, 0.25) is 0 Å². The molecule has 0 saturated heterocycles. The van der Waals surface area contributed by atoms with Gasteiger partial charge in [-0.3, -0.25) is 0 Å². The third-order valence-corrected chi connectivity index (χ3v) is 13.5. The number of methoxy groups -OCH3 is 2. The fraction of sp³-hybridized carbons (Fsp3) is 0.143. The van der Waals surface area contributed by atoms with E-state index in [-0.39, 0.29) is 5.81 Å². The van der Waals surface area contributed by atoms with E-state index in [9.17, 15) is 0 Å². The SMILES string of the molecule is COc1ccc(OC)c2c1SP(c1ccccc1)[Se]2. The van der Waals surface area contributed by atoms with Gasteiger partial charge in [-0.1, -0.05) is 0 Å². The molecule has 0 bridgehead atoms. The molecule has 2 aromatic carbocycles. The van der Waals surface area contributed by atoms with Crippen molar-refractivity contribution in [3.63, 3.8) is 0 Å². The van der Waals surface area contributed by atoms with E-state index in [1.807, 2.05) is 23.5 Å². The average molecular weight is 355 g/mol. The van der Waals surface area contributed by atoms with Crippen LogP contribution in [0.1, 0.15) is 0 Å². The second kappa shape index (κ2) is 5.76. The van der Waals surface area contributed by atoms with Gasteiger partial charge in [0.25, 0.3) is 0 Å². The molecule has 2 aromatic rings. The number of fused-ring (bicyclic) bond motifs is 1. The van der Waals surface area contributed by atoms with Crippen molar-refractivity contribution in [2.45, 2.75) is 4.90 Å². The monoisotopic (exact) mass is 356 g/mol. The molecule has 0 N–H and O–H groups in total. The van der Waals surface area contributed by atoms with Crippen LogP contribution in [0.25, 0.3) is 0 Å². The van der Waals surface area contributed by atoms with Gasteiger partial charge in [-0.25, -0.2) is 0 Å². The number of benzene rings is 2. The van der Waals surface area contributed by atoms with Crippen LogP contribution in [0.15, 0.2) is 47.4 Å². The topological polar surface area (TPSA) is 18.5 Å². The van der Waals surface area contributed by atoms with Crippen LogP contribution < -0.4 is 19.2 Å². The molecule has 1 aliphatic rings. The van der Waals surface area contributed by atoms with Crippen molar-refractivity contribution in [2.24, 2.45) is 0 Å². The van der Waals surface area contributed by atoms with Crippen molar-refractivity contribution in [2.75, 3.05) is 14.2 Å². The molecule has 5 heteroatoms. The van der Waals surface area contributed by atoms with Crippen molar-refractivity contribution in [3.8, 4) is 11.5 Å². The van der Waals surface area contributed by atoms with E-state index >= 15 is 0 Å². The van der Waals surface area contributed by atoms with Crippen LogP contribution >= 0.6 is 17.2 Å². The fourth-order valence-electron chi connectivity index (χ4n) is 1.86. The predicted molar refractivity (Wildman–Crippen MR) is 83.8 cm³/mol. The van der Waals surface area contributed by atoms with Gasteiger partial charge in [0.05, 0.1) is 0 Å². The molecular formula is C14H13O2PSSe. The second-order valence-corrected chi connectivity index (χ2v) is 13.2. The minimum absolute atomic E-state index is 0.192. The minimum atomic E-state index is -0.192. The fourth-order valence-corrected chi connectivity index (χ4v) is 13.9. The summed E-state index contributed by atoms with van der Waals surface area (Å²) in [5.41, 5.74) is 0. The molecule has 1 heterocycles. The molecular weight excluding hydrogens is 342 g/mol. The van der Waals surface area contributed by atoms with Crippen LogP contribution in [0, 0.1) is 0 Å². The Morgan fingerprint density at radius 2 is 1.63 bits per heavy atom. The first kappa shape index (κ1) is 13.3. The summed E-state index contributed by atoms with van der Waals surface area (Å²) in [5, 5.41) is 1.45. The first-order valence-corrected chi connectivity index (χ1v) is 11.6. The zero-order valence-corrected chi connectivity index (χ0v) is 14.0. The van der Waals surface area contributed by atoms with E-state index in [1.54, 1.807) is 14.2 Å². The quantitative estimate of drug-likeness (QED) is 0.623. The summed E-state index contributed by atoms with van der Waals surface area (Å²) in [6.07, 6.45) is 0. The summed E-state index contributed by atoms with van der Waals surface area (Å²) in [7, 11) is 3.48. The Bertz CT molecular complexity index is 558. The van der Waals surface area contributed by atoms with E-state index in [4.69, 9.17) is 9.47 Å². The van der Waals surface area contributed by atoms with Gasteiger partial charge in [-0.05, 0) is 0 Å². The second-order valence-electron chi connectivity index (χ2n) is 3.90. The van der Waals surface area contributed by atoms with Gasteiger partial charge in [0, 0.05) is 0 Å². The van der Waals surface area contributed by atoms with Crippen molar-refractivity contribution >= 4 is 41.5 Å². The molecule has 0 amide bonds. The molecule has 2 nitrogen and oxygen atoms in total. The zero-order valence-electron chi connectivity index (χ0n) is 10.6. The molecule has 19 heavy (non-hydrogen) atoms. The number of hydrogen-bond donors (Lipinski definition) is 0. The van der Waals surface area contributed by atoms with Crippen LogP contribution in [0.3, 0.4) is 0 Å². The summed E-state index contributed by atoms with van der Waals surface area (Å²) in [5.74, 6) is 1.79. The van der Waals surface area contributed by atoms with Crippen LogP contribution in [0.4, 0.5) is 0 Å². The van der Waals surface area contributed by atoms with Gasteiger partial charge in [0.1, 0.15) is 0 Å². The molecule has 1 aliphatic heterocycles. The van der Waals surface area contributed by atoms with Gasteiger partial charge in [0.2, 0.25) is 0 Å². The van der Waals surface area contributed by atoms with E-state index < -0.39 is 0 Å². The Morgan fingerprint density at radius 1 is 0.947 bits per heavy atom. The zero-order chi connectivity index (χ0) is 13.2. The summed E-state index contributed by atoms with van der Waals surface area (Å²) >= 11 is 2.38. The summed E-state index contributed by atoms with van der Waals surface area (Å²) < 4.78 is 12.3. The van der Waals surface area contributed by atoms with E-state index in [2.05, 4.69) is 30.3 Å². The normalized spacial score (nSPS) is 17.1. The van der Waals surface area contributed by atoms with E-state index in [0.717, 1.165) is 11.5 Å². The molecule has 0 fully saturated rings. The van der Waals surface area contributed by atoms with Gasteiger partial charge in [0.15, 0.2) is 0 Å². The van der Waals surface area contributed by atoms with Crippen molar-refractivity contribution in [1.29, 1.82) is 0 Å². The van der Waals surface area contributed by atoms with Crippen molar-refractivity contribution in [1.82, 2.24) is 0 Å². The Hall–Kier alpha value is -0.661. The van der Waals surface area contributed by atoms with E-state index in [1.165, 1.54) is 14.7 Å². The molecule has 1 unspecified atom stereocenters. The molecule has 3 rings (SSSR count). The first-order valence-electron chi connectivity index (χ1n) is 5.79. The van der Waals surface area contributed by atoms with Gasteiger partial charge < -0.3 is 0 Å². The first-order chi connectivity index (χ1) is 9.33. The van der Waals surface area contributed by atoms with Crippen LogP contribution in [-0.2, 0) is 0 Å². The van der Waals surface area contributed by atoms with Crippen molar-refractivity contribution in [3.05, 3.63) is 42.5 Å². The molecule has 1 atom stereocenters. The molecule has 98 valence electrons. The molecule has 0 spiro atoms. The number of rotatable bonds is 3. The molecule has 0 saturated carbocycles. The maximum absolute atomic E-state index is 5.50. The summed E-state index contributed by atoms with van der Waals surface area (Å²) in [6.45, 7) is 0. The standard InChI is InChI=1S/C14H13O2PSSe/c1-15-11-8-9-12(16-2)14-13(11)18-17(19-14)10-6-4-3-5-7-10/h3-9H,1-2H3. The third-order valence-electron chi connectivity index (χ3n) is 2.80. The van der Waals surface area contributed by atoms with E-state index in [0.29, 0.717) is 14.5 Å². The molecule has 0 radical (unpaired) electrons. The Morgan fingerprint density at radius 3 is 2.32 bits per heavy atom. The molecule has 0 aliphatic carbocycles. The molecule has 0 aromatic heterocycles. The predicted octanol–water partition coefficient (Wildman–Crippen LogP) is 2.78. The van der Waals surface area contributed by atoms with Crippen molar-refractivity contribution < 1.29 is 9.47 Å². The van der Waals surface area contributed by atoms with Crippen LogP contribution in [-0.4, -0.2) is 28.7 Å². The summed E-state index contributed by atoms with van der Waals surface area (Å²) in [4.78, 5) is 1.27. The average Bonchev–Trinajstić information content (AvgIpc) is 2.92. The number of ether oxygens (including phenoxy) is 2. The summed E-state index contributed by atoms with van der Waals surface area (Å²) in [6, 6.07) is 14.8. The van der Waals surface area contributed by atoms with Crippen LogP contribution in [0.5, 0.6) is 11.5 Å².